The van der Waals surface area contributed by atoms with Crippen molar-refractivity contribution in [3.63, 3.8) is 0 Å². The third-order valence-electron chi connectivity index (χ3n) is 4.80. The van der Waals surface area contributed by atoms with Crippen molar-refractivity contribution in [3.05, 3.63) is 59.7 Å². The van der Waals surface area contributed by atoms with E-state index >= 15 is 0 Å². The number of ether oxygens (including phenoxy) is 1. The third kappa shape index (κ3) is 4.88. The quantitative estimate of drug-likeness (QED) is 0.387. The van der Waals surface area contributed by atoms with E-state index in [0.29, 0.717) is 24.3 Å². The van der Waals surface area contributed by atoms with E-state index in [9.17, 15) is 9.59 Å². The van der Waals surface area contributed by atoms with Gasteiger partial charge in [0, 0.05) is 12.2 Å². The number of anilines is 1. The fourth-order valence-electron chi connectivity index (χ4n) is 3.28. The molecule has 0 unspecified atom stereocenters. The molecule has 0 atom stereocenters. The largest absolute Gasteiger partial charge is 0.494 e. The van der Waals surface area contributed by atoms with Gasteiger partial charge in [-0.15, -0.1) is 0 Å². The minimum atomic E-state index is -0.157. The summed E-state index contributed by atoms with van der Waals surface area (Å²) in [6.45, 7) is 1.21. The molecule has 27 heavy (non-hydrogen) atoms. The van der Waals surface area contributed by atoms with Gasteiger partial charge in [-0.05, 0) is 49.2 Å². The highest BCUT2D eigenvalue weighted by molar-refractivity contribution is 6.21. The number of imide groups is 1. The third-order valence-corrected chi connectivity index (χ3v) is 4.80. The Morgan fingerprint density at radius 3 is 1.93 bits per heavy atom. The molecular weight excluding hydrogens is 340 g/mol. The lowest BCUT2D eigenvalue weighted by atomic mass is 10.1. The van der Waals surface area contributed by atoms with Gasteiger partial charge in [-0.25, -0.2) is 0 Å². The summed E-state index contributed by atoms with van der Waals surface area (Å²) in [5.74, 6) is 0.538. The molecule has 0 aromatic heterocycles. The fourth-order valence-corrected chi connectivity index (χ4v) is 3.28. The lowest BCUT2D eigenvalue weighted by molar-refractivity contribution is 0.0651. The van der Waals surface area contributed by atoms with E-state index in [1.165, 1.54) is 4.90 Å². The maximum atomic E-state index is 12.3. The Bertz CT molecular complexity index is 751. The number of rotatable bonds is 10. The monoisotopic (exact) mass is 366 g/mol. The average Bonchev–Trinajstić information content (AvgIpc) is 2.93. The minimum Gasteiger partial charge on any atom is -0.494 e. The number of amides is 2. The van der Waals surface area contributed by atoms with Gasteiger partial charge in [-0.1, -0.05) is 37.8 Å². The highest BCUT2D eigenvalue weighted by Gasteiger charge is 2.34. The van der Waals surface area contributed by atoms with Crippen molar-refractivity contribution in [1.29, 1.82) is 0 Å². The van der Waals surface area contributed by atoms with Crippen LogP contribution >= 0.6 is 0 Å². The normalized spacial score (nSPS) is 13.1. The molecule has 0 spiro atoms. The minimum absolute atomic E-state index is 0.157. The predicted molar refractivity (Wildman–Crippen MR) is 106 cm³/mol. The summed E-state index contributed by atoms with van der Waals surface area (Å²) in [6.07, 6.45) is 6.24. The zero-order chi connectivity index (χ0) is 19.1. The molecule has 5 nitrogen and oxygen atoms in total. The summed E-state index contributed by atoms with van der Waals surface area (Å²) in [6, 6.07) is 14.5. The van der Waals surface area contributed by atoms with E-state index in [4.69, 9.17) is 10.5 Å². The Hall–Kier alpha value is -2.82. The second-order valence-corrected chi connectivity index (χ2v) is 6.85. The molecule has 0 radical (unpaired) electrons. The van der Waals surface area contributed by atoms with Crippen LogP contribution in [0.25, 0.3) is 0 Å². The van der Waals surface area contributed by atoms with Crippen LogP contribution in [0.2, 0.25) is 0 Å². The van der Waals surface area contributed by atoms with Crippen LogP contribution < -0.4 is 10.5 Å². The standard InChI is InChI=1S/C22H26N2O3/c23-17-11-13-18(14-12-17)27-16-8-4-2-1-3-7-15-24-21(25)19-9-5-6-10-20(19)22(24)26/h5-6,9-14H,1-4,7-8,15-16,23H2. The van der Waals surface area contributed by atoms with Crippen molar-refractivity contribution in [1.82, 2.24) is 4.90 Å². The lowest BCUT2D eigenvalue weighted by Gasteiger charge is -2.13. The number of nitrogens with two attached hydrogens (primary N) is 1. The SMILES string of the molecule is Nc1ccc(OCCCCCCCCN2C(=O)c3ccccc3C2=O)cc1. The Morgan fingerprint density at radius 1 is 0.741 bits per heavy atom. The van der Waals surface area contributed by atoms with Crippen LogP contribution in [0.4, 0.5) is 5.69 Å². The van der Waals surface area contributed by atoms with Crippen molar-refractivity contribution in [2.24, 2.45) is 0 Å². The summed E-state index contributed by atoms with van der Waals surface area (Å²) < 4.78 is 5.67. The number of nitrogen functional groups attached to an aromatic ring is 1. The molecule has 2 N–H and O–H groups in total. The zero-order valence-corrected chi connectivity index (χ0v) is 15.5. The second-order valence-electron chi connectivity index (χ2n) is 6.85. The first kappa shape index (κ1) is 19.0. The van der Waals surface area contributed by atoms with Gasteiger partial charge in [0.2, 0.25) is 0 Å². The van der Waals surface area contributed by atoms with Crippen molar-refractivity contribution in [2.45, 2.75) is 38.5 Å². The van der Waals surface area contributed by atoms with E-state index in [2.05, 4.69) is 0 Å². The topological polar surface area (TPSA) is 72.6 Å². The molecule has 0 fully saturated rings. The summed E-state index contributed by atoms with van der Waals surface area (Å²) in [5.41, 5.74) is 7.44. The van der Waals surface area contributed by atoms with Gasteiger partial charge >= 0.3 is 0 Å². The summed E-state index contributed by atoms with van der Waals surface area (Å²) in [7, 11) is 0. The number of carbonyl (C=O) groups excluding carboxylic acids is 2. The highest BCUT2D eigenvalue weighted by Crippen LogP contribution is 2.23. The first-order valence-corrected chi connectivity index (χ1v) is 9.60. The highest BCUT2D eigenvalue weighted by atomic mass is 16.5. The molecule has 2 aromatic rings. The molecule has 5 heteroatoms. The van der Waals surface area contributed by atoms with Crippen molar-refractivity contribution in [2.75, 3.05) is 18.9 Å². The van der Waals surface area contributed by atoms with Crippen molar-refractivity contribution >= 4 is 17.5 Å². The first-order valence-electron chi connectivity index (χ1n) is 9.60. The maximum Gasteiger partial charge on any atom is 0.261 e. The van der Waals surface area contributed by atoms with Crippen LogP contribution in [-0.2, 0) is 0 Å². The van der Waals surface area contributed by atoms with Crippen LogP contribution in [0.5, 0.6) is 5.75 Å². The lowest BCUT2D eigenvalue weighted by Crippen LogP contribution is -2.30. The van der Waals surface area contributed by atoms with Crippen molar-refractivity contribution < 1.29 is 14.3 Å². The van der Waals surface area contributed by atoms with Crippen molar-refractivity contribution in [3.8, 4) is 5.75 Å². The molecular formula is C22H26N2O3. The Balaban J connectivity index is 1.25. The van der Waals surface area contributed by atoms with E-state index in [1.54, 1.807) is 24.3 Å². The van der Waals surface area contributed by atoms with Crippen LogP contribution in [0.1, 0.15) is 59.2 Å². The van der Waals surface area contributed by atoms with Gasteiger partial charge in [0.1, 0.15) is 5.75 Å². The van der Waals surface area contributed by atoms with Gasteiger partial charge < -0.3 is 10.5 Å². The molecule has 1 heterocycles. The Labute approximate surface area is 160 Å². The fraction of sp³-hybridized carbons (Fsp3) is 0.364. The first-order chi connectivity index (χ1) is 13.2. The van der Waals surface area contributed by atoms with Gasteiger partial charge in [0.05, 0.1) is 17.7 Å². The van der Waals surface area contributed by atoms with Gasteiger partial charge in [-0.2, -0.15) is 0 Å². The number of benzene rings is 2. The number of hydrogen-bond donors (Lipinski definition) is 1. The molecule has 1 aliphatic rings. The average molecular weight is 366 g/mol. The molecule has 0 aliphatic carbocycles. The van der Waals surface area contributed by atoms with Crippen LogP contribution in [0, 0.1) is 0 Å². The number of fused-ring (bicyclic) bond motifs is 1. The number of carbonyl (C=O) groups is 2. The Morgan fingerprint density at radius 2 is 1.30 bits per heavy atom. The van der Waals surface area contributed by atoms with Gasteiger partial charge in [-0.3, -0.25) is 14.5 Å². The number of unbranched alkanes of at least 4 members (excludes halogenated alkanes) is 5. The van der Waals surface area contributed by atoms with E-state index in [1.807, 2.05) is 24.3 Å². The molecule has 0 bridgehead atoms. The smallest absolute Gasteiger partial charge is 0.261 e. The van der Waals surface area contributed by atoms with E-state index in [-0.39, 0.29) is 11.8 Å². The van der Waals surface area contributed by atoms with E-state index in [0.717, 1.165) is 50.0 Å². The molecule has 2 aromatic carbocycles. The zero-order valence-electron chi connectivity index (χ0n) is 15.5. The number of hydrogen-bond acceptors (Lipinski definition) is 4. The molecule has 0 saturated heterocycles. The molecule has 2 amide bonds. The van der Waals surface area contributed by atoms with Crippen LogP contribution in [0.15, 0.2) is 48.5 Å². The van der Waals surface area contributed by atoms with Gasteiger partial charge in [0.15, 0.2) is 0 Å². The molecule has 142 valence electrons. The van der Waals surface area contributed by atoms with Gasteiger partial charge in [0.25, 0.3) is 11.8 Å². The maximum absolute atomic E-state index is 12.3. The predicted octanol–water partition coefficient (Wildman–Crippen LogP) is 4.28. The number of nitrogens with zero attached hydrogens (tertiary/aromatic N) is 1. The molecule has 3 rings (SSSR count). The Kier molecular flexibility index (Phi) is 6.47. The summed E-state index contributed by atoms with van der Waals surface area (Å²) in [4.78, 5) is 25.9. The van der Waals surface area contributed by atoms with Crippen LogP contribution in [0.3, 0.4) is 0 Å². The second kappa shape index (κ2) is 9.21. The van der Waals surface area contributed by atoms with Crippen LogP contribution in [-0.4, -0.2) is 29.9 Å². The molecule has 1 aliphatic heterocycles. The summed E-state index contributed by atoms with van der Waals surface area (Å²) in [5, 5.41) is 0. The summed E-state index contributed by atoms with van der Waals surface area (Å²) >= 11 is 0. The van der Waals surface area contributed by atoms with E-state index < -0.39 is 0 Å². The molecule has 0 saturated carbocycles.